The summed E-state index contributed by atoms with van der Waals surface area (Å²) in [5, 5.41) is 11.6. The molecule has 4 heteroatoms. The SMILES string of the molecule is CN(C)C(=O)CNCC(C)(C)CCC#N. The molecule has 0 aromatic heterocycles. The predicted octanol–water partition coefficient (Wildman–Crippen LogP) is 0.994. The summed E-state index contributed by atoms with van der Waals surface area (Å²) in [6.07, 6.45) is 1.42. The van der Waals surface area contributed by atoms with Gasteiger partial charge in [-0.05, 0) is 11.8 Å². The number of carbonyl (C=O) groups excluding carboxylic acids is 1. The van der Waals surface area contributed by atoms with Crippen LogP contribution in [0.2, 0.25) is 0 Å². The fraction of sp³-hybridized carbons (Fsp3) is 0.818. The second kappa shape index (κ2) is 6.41. The fourth-order valence-corrected chi connectivity index (χ4v) is 1.15. The molecule has 0 saturated carbocycles. The number of likely N-dealkylation sites (N-methyl/N-ethyl adjacent to an activating group) is 1. The van der Waals surface area contributed by atoms with Crippen molar-refractivity contribution < 1.29 is 4.79 Å². The molecule has 0 aliphatic carbocycles. The molecule has 0 unspecified atom stereocenters. The third-order valence-electron chi connectivity index (χ3n) is 2.29. The maximum atomic E-state index is 11.3. The largest absolute Gasteiger partial charge is 0.348 e. The van der Waals surface area contributed by atoms with Crippen LogP contribution in [0, 0.1) is 16.7 Å². The minimum absolute atomic E-state index is 0.0717. The van der Waals surface area contributed by atoms with Crippen LogP contribution in [-0.4, -0.2) is 38.0 Å². The van der Waals surface area contributed by atoms with Gasteiger partial charge in [-0.15, -0.1) is 0 Å². The van der Waals surface area contributed by atoms with E-state index < -0.39 is 0 Å². The number of nitrogens with zero attached hydrogens (tertiary/aromatic N) is 2. The molecule has 0 atom stereocenters. The Morgan fingerprint density at radius 2 is 2.07 bits per heavy atom. The summed E-state index contributed by atoms with van der Waals surface area (Å²) in [5.74, 6) is 0.0751. The van der Waals surface area contributed by atoms with Gasteiger partial charge in [-0.1, -0.05) is 13.8 Å². The standard InChI is InChI=1S/C11H21N3O/c1-11(2,6-5-7-12)9-13-8-10(15)14(3)4/h13H,5-6,8-9H2,1-4H3. The van der Waals surface area contributed by atoms with Gasteiger partial charge >= 0.3 is 0 Å². The molecular weight excluding hydrogens is 190 g/mol. The molecule has 0 rings (SSSR count). The molecule has 0 aromatic carbocycles. The van der Waals surface area contributed by atoms with Gasteiger partial charge in [0.15, 0.2) is 0 Å². The van der Waals surface area contributed by atoms with E-state index in [4.69, 9.17) is 5.26 Å². The van der Waals surface area contributed by atoms with Gasteiger partial charge in [0.2, 0.25) is 5.91 Å². The summed E-state index contributed by atoms with van der Waals surface area (Å²) in [6, 6.07) is 2.14. The number of hydrogen-bond donors (Lipinski definition) is 1. The van der Waals surface area contributed by atoms with Gasteiger partial charge in [-0.3, -0.25) is 4.79 Å². The summed E-state index contributed by atoms with van der Waals surface area (Å²) in [4.78, 5) is 12.8. The van der Waals surface area contributed by atoms with Crippen molar-refractivity contribution >= 4 is 5.91 Å². The minimum atomic E-state index is 0.0717. The number of carbonyl (C=O) groups is 1. The third-order valence-corrected chi connectivity index (χ3v) is 2.29. The zero-order chi connectivity index (χ0) is 11.9. The van der Waals surface area contributed by atoms with E-state index >= 15 is 0 Å². The van der Waals surface area contributed by atoms with Gasteiger partial charge in [-0.25, -0.2) is 0 Å². The molecule has 0 bridgehead atoms. The van der Waals surface area contributed by atoms with Crippen LogP contribution in [0.5, 0.6) is 0 Å². The molecule has 15 heavy (non-hydrogen) atoms. The van der Waals surface area contributed by atoms with Gasteiger partial charge in [0, 0.05) is 27.1 Å². The quantitative estimate of drug-likeness (QED) is 0.713. The molecule has 0 spiro atoms. The number of hydrogen-bond acceptors (Lipinski definition) is 3. The van der Waals surface area contributed by atoms with E-state index in [2.05, 4.69) is 25.2 Å². The van der Waals surface area contributed by atoms with Crippen LogP contribution in [0.15, 0.2) is 0 Å². The van der Waals surface area contributed by atoms with Gasteiger partial charge < -0.3 is 10.2 Å². The van der Waals surface area contributed by atoms with Crippen LogP contribution in [0.1, 0.15) is 26.7 Å². The van der Waals surface area contributed by atoms with Crippen molar-refractivity contribution in [3.05, 3.63) is 0 Å². The molecule has 0 fully saturated rings. The second-order valence-corrected chi connectivity index (χ2v) is 4.71. The molecule has 86 valence electrons. The van der Waals surface area contributed by atoms with Crippen LogP contribution in [0.25, 0.3) is 0 Å². The van der Waals surface area contributed by atoms with Gasteiger partial charge in [0.05, 0.1) is 12.6 Å². The maximum absolute atomic E-state index is 11.3. The minimum Gasteiger partial charge on any atom is -0.348 e. The maximum Gasteiger partial charge on any atom is 0.236 e. The first kappa shape index (κ1) is 13.9. The smallest absolute Gasteiger partial charge is 0.236 e. The number of nitrogens with one attached hydrogen (secondary N) is 1. The van der Waals surface area contributed by atoms with Crippen LogP contribution in [0.4, 0.5) is 0 Å². The lowest BCUT2D eigenvalue weighted by Gasteiger charge is -2.24. The Labute approximate surface area is 92.3 Å². The molecule has 4 nitrogen and oxygen atoms in total. The van der Waals surface area contributed by atoms with Crippen molar-refractivity contribution in [2.45, 2.75) is 26.7 Å². The molecule has 0 radical (unpaired) electrons. The Hall–Kier alpha value is -1.08. The fourth-order valence-electron chi connectivity index (χ4n) is 1.15. The van der Waals surface area contributed by atoms with Crippen LogP contribution in [-0.2, 0) is 4.79 Å². The Morgan fingerprint density at radius 3 is 2.53 bits per heavy atom. The monoisotopic (exact) mass is 211 g/mol. The summed E-state index contributed by atoms with van der Waals surface area (Å²) in [6.45, 7) is 5.31. The van der Waals surface area contributed by atoms with E-state index in [0.29, 0.717) is 13.0 Å². The lowest BCUT2D eigenvalue weighted by Crippen LogP contribution is -2.37. The topological polar surface area (TPSA) is 56.1 Å². The molecule has 0 saturated heterocycles. The van der Waals surface area contributed by atoms with E-state index in [1.165, 1.54) is 0 Å². The van der Waals surface area contributed by atoms with Gasteiger partial charge in [0.1, 0.15) is 0 Å². The molecule has 0 aliphatic heterocycles. The highest BCUT2D eigenvalue weighted by Crippen LogP contribution is 2.20. The van der Waals surface area contributed by atoms with Crippen molar-refractivity contribution in [1.82, 2.24) is 10.2 Å². The van der Waals surface area contributed by atoms with Crippen LogP contribution < -0.4 is 5.32 Å². The van der Waals surface area contributed by atoms with E-state index in [9.17, 15) is 4.79 Å². The Kier molecular flexibility index (Phi) is 5.95. The first-order valence-corrected chi connectivity index (χ1v) is 5.17. The second-order valence-electron chi connectivity index (χ2n) is 4.71. The molecule has 1 amide bonds. The molecule has 0 heterocycles. The van der Waals surface area contributed by atoms with E-state index in [0.717, 1.165) is 13.0 Å². The summed E-state index contributed by atoms with van der Waals surface area (Å²) < 4.78 is 0. The highest BCUT2D eigenvalue weighted by atomic mass is 16.2. The van der Waals surface area contributed by atoms with E-state index in [1.807, 2.05) is 0 Å². The Balaban J connectivity index is 3.75. The average Bonchev–Trinajstić information content (AvgIpc) is 2.14. The van der Waals surface area contributed by atoms with Crippen LogP contribution >= 0.6 is 0 Å². The highest BCUT2D eigenvalue weighted by molar-refractivity contribution is 5.77. The highest BCUT2D eigenvalue weighted by Gasteiger charge is 2.17. The summed E-state index contributed by atoms with van der Waals surface area (Å²) in [7, 11) is 3.48. The first-order chi connectivity index (χ1) is 6.89. The van der Waals surface area contributed by atoms with E-state index in [1.54, 1.807) is 19.0 Å². The van der Waals surface area contributed by atoms with Crippen molar-refractivity contribution in [1.29, 1.82) is 5.26 Å². The Morgan fingerprint density at radius 1 is 1.47 bits per heavy atom. The van der Waals surface area contributed by atoms with Crippen molar-refractivity contribution in [2.24, 2.45) is 5.41 Å². The Bertz CT molecular complexity index is 241. The zero-order valence-electron chi connectivity index (χ0n) is 10.1. The van der Waals surface area contributed by atoms with Gasteiger partial charge in [-0.2, -0.15) is 5.26 Å². The first-order valence-electron chi connectivity index (χ1n) is 5.17. The normalized spacial score (nSPS) is 10.9. The van der Waals surface area contributed by atoms with Crippen molar-refractivity contribution in [3.63, 3.8) is 0 Å². The molecule has 0 aromatic rings. The summed E-state index contributed by atoms with van der Waals surface area (Å²) in [5.41, 5.74) is 0.0717. The lowest BCUT2D eigenvalue weighted by atomic mass is 9.88. The van der Waals surface area contributed by atoms with Gasteiger partial charge in [0.25, 0.3) is 0 Å². The number of nitriles is 1. The molecule has 1 N–H and O–H groups in total. The number of amides is 1. The lowest BCUT2D eigenvalue weighted by molar-refractivity contribution is -0.127. The predicted molar refractivity (Wildman–Crippen MR) is 60.2 cm³/mol. The van der Waals surface area contributed by atoms with Crippen molar-refractivity contribution in [2.75, 3.05) is 27.2 Å². The van der Waals surface area contributed by atoms with E-state index in [-0.39, 0.29) is 11.3 Å². The molecule has 0 aliphatic rings. The average molecular weight is 211 g/mol. The van der Waals surface area contributed by atoms with Crippen LogP contribution in [0.3, 0.4) is 0 Å². The molecular formula is C11H21N3O. The zero-order valence-corrected chi connectivity index (χ0v) is 10.1. The summed E-state index contributed by atoms with van der Waals surface area (Å²) >= 11 is 0. The van der Waals surface area contributed by atoms with Crippen molar-refractivity contribution in [3.8, 4) is 6.07 Å². The third kappa shape index (κ3) is 6.92. The number of rotatable bonds is 6.